The molecule has 1 aromatic heterocycles. The summed E-state index contributed by atoms with van der Waals surface area (Å²) in [5.41, 5.74) is 1.52. The van der Waals surface area contributed by atoms with Crippen LogP contribution in [-0.4, -0.2) is 56.3 Å². The maximum atomic E-state index is 12.7. The number of hydrogen-bond acceptors (Lipinski definition) is 5. The van der Waals surface area contributed by atoms with Gasteiger partial charge in [0.25, 0.3) is 5.91 Å². The highest BCUT2D eigenvalue weighted by Gasteiger charge is 2.22. The Balaban J connectivity index is 1.72. The van der Waals surface area contributed by atoms with Crippen LogP contribution in [0.15, 0.2) is 28.7 Å². The number of ether oxygens (including phenoxy) is 2. The van der Waals surface area contributed by atoms with E-state index in [1.54, 1.807) is 0 Å². The third-order valence-corrected chi connectivity index (χ3v) is 4.37. The minimum absolute atomic E-state index is 0.0266. The number of morpholine rings is 1. The molecule has 1 aromatic carbocycles. The maximum Gasteiger partial charge on any atom is 0.287 e. The second kappa shape index (κ2) is 8.47. The zero-order chi connectivity index (χ0) is 17.6. The van der Waals surface area contributed by atoms with Crippen LogP contribution in [0.25, 0.3) is 11.0 Å². The molecule has 6 heteroatoms. The summed E-state index contributed by atoms with van der Waals surface area (Å²) in [6.07, 6.45) is 0. The lowest BCUT2D eigenvalue weighted by molar-refractivity contribution is 0.0341. The molecule has 1 atom stereocenters. The van der Waals surface area contributed by atoms with Gasteiger partial charge in [-0.25, -0.2) is 0 Å². The molecule has 1 aliphatic rings. The summed E-state index contributed by atoms with van der Waals surface area (Å²) in [4.78, 5) is 15.0. The molecule has 3 rings (SSSR count). The molecule has 25 heavy (non-hydrogen) atoms. The number of nitrogens with zero attached hydrogens (tertiary/aromatic N) is 1. The SMILES string of the molecule is CCOCc1c(C(=O)NC(C)CN2CCOCC2)oc2ccccc12. The molecule has 1 aliphatic heterocycles. The molecule has 136 valence electrons. The van der Waals surface area contributed by atoms with Crippen molar-refractivity contribution in [3.8, 4) is 0 Å². The van der Waals surface area contributed by atoms with E-state index < -0.39 is 0 Å². The lowest BCUT2D eigenvalue weighted by atomic mass is 10.1. The minimum Gasteiger partial charge on any atom is -0.451 e. The van der Waals surface area contributed by atoms with Crippen molar-refractivity contribution in [2.75, 3.05) is 39.5 Å². The van der Waals surface area contributed by atoms with Crippen molar-refractivity contribution in [2.45, 2.75) is 26.5 Å². The van der Waals surface area contributed by atoms with Gasteiger partial charge >= 0.3 is 0 Å². The number of fused-ring (bicyclic) bond motifs is 1. The van der Waals surface area contributed by atoms with Crippen molar-refractivity contribution in [3.05, 3.63) is 35.6 Å². The van der Waals surface area contributed by atoms with E-state index in [1.807, 2.05) is 38.1 Å². The first-order valence-corrected chi connectivity index (χ1v) is 8.88. The van der Waals surface area contributed by atoms with E-state index in [0.29, 0.717) is 24.6 Å². The zero-order valence-electron chi connectivity index (χ0n) is 14.9. The lowest BCUT2D eigenvalue weighted by Gasteiger charge is -2.29. The molecule has 0 aliphatic carbocycles. The number of rotatable bonds is 7. The second-order valence-corrected chi connectivity index (χ2v) is 6.33. The molecule has 1 N–H and O–H groups in total. The van der Waals surface area contributed by atoms with Gasteiger partial charge in [0, 0.05) is 43.2 Å². The molecule has 0 radical (unpaired) electrons. The van der Waals surface area contributed by atoms with Crippen molar-refractivity contribution in [1.29, 1.82) is 0 Å². The number of para-hydroxylation sites is 1. The van der Waals surface area contributed by atoms with E-state index in [2.05, 4.69) is 10.2 Å². The average molecular weight is 346 g/mol. The minimum atomic E-state index is -0.188. The van der Waals surface area contributed by atoms with Crippen LogP contribution in [0, 0.1) is 0 Å². The van der Waals surface area contributed by atoms with Crippen molar-refractivity contribution < 1.29 is 18.7 Å². The average Bonchev–Trinajstić information content (AvgIpc) is 2.99. The Kier molecular flexibility index (Phi) is 6.07. The predicted molar refractivity (Wildman–Crippen MR) is 95.7 cm³/mol. The molecule has 2 heterocycles. The Morgan fingerprint density at radius 3 is 2.84 bits per heavy atom. The number of carbonyl (C=O) groups is 1. The highest BCUT2D eigenvalue weighted by molar-refractivity contribution is 5.99. The van der Waals surface area contributed by atoms with Gasteiger partial charge in [0.05, 0.1) is 19.8 Å². The van der Waals surface area contributed by atoms with Crippen molar-refractivity contribution in [3.63, 3.8) is 0 Å². The molecule has 1 unspecified atom stereocenters. The molecule has 2 aromatic rings. The van der Waals surface area contributed by atoms with Crippen LogP contribution in [0.5, 0.6) is 0 Å². The molecular formula is C19H26N2O4. The quantitative estimate of drug-likeness (QED) is 0.834. The Bertz CT molecular complexity index is 707. The fourth-order valence-corrected chi connectivity index (χ4v) is 3.14. The first-order valence-electron chi connectivity index (χ1n) is 8.88. The van der Waals surface area contributed by atoms with E-state index in [9.17, 15) is 4.79 Å². The number of nitrogens with one attached hydrogen (secondary N) is 1. The number of furan rings is 1. The van der Waals surface area contributed by atoms with Crippen molar-refractivity contribution in [2.24, 2.45) is 0 Å². The van der Waals surface area contributed by atoms with Gasteiger partial charge in [-0.2, -0.15) is 0 Å². The van der Waals surface area contributed by atoms with Gasteiger partial charge < -0.3 is 19.2 Å². The molecule has 6 nitrogen and oxygen atoms in total. The Hall–Kier alpha value is -1.89. The summed E-state index contributed by atoms with van der Waals surface area (Å²) in [5.74, 6) is 0.162. The Morgan fingerprint density at radius 2 is 2.08 bits per heavy atom. The standard InChI is InChI=1S/C19H26N2O4/c1-3-23-13-16-15-6-4-5-7-17(15)25-18(16)19(22)20-14(2)12-21-8-10-24-11-9-21/h4-7,14H,3,8-13H2,1-2H3,(H,20,22). The Morgan fingerprint density at radius 1 is 1.32 bits per heavy atom. The molecule has 1 saturated heterocycles. The van der Waals surface area contributed by atoms with Crippen LogP contribution >= 0.6 is 0 Å². The van der Waals surface area contributed by atoms with E-state index in [1.165, 1.54) is 0 Å². The molecule has 0 bridgehead atoms. The highest BCUT2D eigenvalue weighted by atomic mass is 16.5. The number of benzene rings is 1. The lowest BCUT2D eigenvalue weighted by Crippen LogP contribution is -2.46. The number of amides is 1. The summed E-state index contributed by atoms with van der Waals surface area (Å²) >= 11 is 0. The highest BCUT2D eigenvalue weighted by Crippen LogP contribution is 2.26. The summed E-state index contributed by atoms with van der Waals surface area (Å²) in [5, 5.41) is 3.98. The fourth-order valence-electron chi connectivity index (χ4n) is 3.14. The van der Waals surface area contributed by atoms with Crippen LogP contribution < -0.4 is 5.32 Å². The Labute approximate surface area is 148 Å². The third kappa shape index (κ3) is 4.39. The number of carbonyl (C=O) groups excluding carboxylic acids is 1. The van der Waals surface area contributed by atoms with Crippen LogP contribution in [-0.2, 0) is 16.1 Å². The van der Waals surface area contributed by atoms with Crippen molar-refractivity contribution >= 4 is 16.9 Å². The molecule has 0 spiro atoms. The van der Waals surface area contributed by atoms with Crippen molar-refractivity contribution in [1.82, 2.24) is 10.2 Å². The van der Waals surface area contributed by atoms with Gasteiger partial charge in [0.2, 0.25) is 0 Å². The summed E-state index contributed by atoms with van der Waals surface area (Å²) in [7, 11) is 0. The fraction of sp³-hybridized carbons (Fsp3) is 0.526. The first kappa shape index (κ1) is 17.9. The van der Waals surface area contributed by atoms with E-state index >= 15 is 0 Å². The smallest absolute Gasteiger partial charge is 0.287 e. The molecule has 1 amide bonds. The molecular weight excluding hydrogens is 320 g/mol. The normalized spacial score (nSPS) is 16.9. The summed E-state index contributed by atoms with van der Waals surface area (Å²) in [6.45, 7) is 9.02. The summed E-state index contributed by atoms with van der Waals surface area (Å²) < 4.78 is 16.7. The molecule has 0 saturated carbocycles. The van der Waals surface area contributed by atoms with Gasteiger partial charge in [-0.1, -0.05) is 18.2 Å². The van der Waals surface area contributed by atoms with Crippen LogP contribution in [0.1, 0.15) is 30.0 Å². The van der Waals surface area contributed by atoms with Crippen LogP contribution in [0.2, 0.25) is 0 Å². The third-order valence-electron chi connectivity index (χ3n) is 4.37. The molecule has 1 fully saturated rings. The van der Waals surface area contributed by atoms with Gasteiger partial charge in [-0.15, -0.1) is 0 Å². The van der Waals surface area contributed by atoms with Crippen LogP contribution in [0.4, 0.5) is 0 Å². The topological polar surface area (TPSA) is 63.9 Å². The predicted octanol–water partition coefficient (Wildman–Crippen LogP) is 2.42. The van der Waals surface area contributed by atoms with Gasteiger partial charge in [0.1, 0.15) is 5.58 Å². The zero-order valence-corrected chi connectivity index (χ0v) is 14.9. The largest absolute Gasteiger partial charge is 0.451 e. The van der Waals surface area contributed by atoms with Gasteiger partial charge in [0.15, 0.2) is 5.76 Å². The number of hydrogen-bond donors (Lipinski definition) is 1. The van der Waals surface area contributed by atoms with Crippen LogP contribution in [0.3, 0.4) is 0 Å². The summed E-state index contributed by atoms with van der Waals surface area (Å²) in [6, 6.07) is 7.70. The van der Waals surface area contributed by atoms with E-state index in [0.717, 1.165) is 43.8 Å². The maximum absolute atomic E-state index is 12.7. The second-order valence-electron chi connectivity index (χ2n) is 6.33. The first-order chi connectivity index (χ1) is 12.2. The van der Waals surface area contributed by atoms with E-state index in [4.69, 9.17) is 13.9 Å². The van der Waals surface area contributed by atoms with E-state index in [-0.39, 0.29) is 11.9 Å². The monoisotopic (exact) mass is 346 g/mol. The van der Waals surface area contributed by atoms with Gasteiger partial charge in [-0.05, 0) is 19.9 Å². The van der Waals surface area contributed by atoms with Gasteiger partial charge in [-0.3, -0.25) is 9.69 Å².